The number of hydrogen-bond acceptors (Lipinski definition) is 3. The predicted octanol–water partition coefficient (Wildman–Crippen LogP) is 1.62. The van der Waals surface area contributed by atoms with Crippen LogP contribution in [0.2, 0.25) is 0 Å². The maximum Gasteiger partial charge on any atom is 0.312 e. The number of aromatic nitrogens is 4. The van der Waals surface area contributed by atoms with E-state index in [-0.39, 0.29) is 0 Å². The van der Waals surface area contributed by atoms with Crippen LogP contribution < -0.4 is 0 Å². The Kier molecular flexibility index (Phi) is 2.66. The SMILES string of the molecule is Cc1nn(C)cc1-c1nc2c([nH]1)CCCC2C(=O)O. The van der Waals surface area contributed by atoms with Crippen LogP contribution in [0.4, 0.5) is 0 Å². The van der Waals surface area contributed by atoms with E-state index in [2.05, 4.69) is 15.1 Å². The third-order valence-corrected chi connectivity index (χ3v) is 3.63. The first-order chi connectivity index (χ1) is 9.06. The van der Waals surface area contributed by atoms with Crippen molar-refractivity contribution in [2.24, 2.45) is 7.05 Å². The molecule has 0 saturated heterocycles. The predicted molar refractivity (Wildman–Crippen MR) is 68.8 cm³/mol. The zero-order chi connectivity index (χ0) is 13.6. The highest BCUT2D eigenvalue weighted by molar-refractivity contribution is 5.76. The molecule has 2 heterocycles. The number of rotatable bonds is 2. The quantitative estimate of drug-likeness (QED) is 0.859. The van der Waals surface area contributed by atoms with Crippen molar-refractivity contribution in [1.82, 2.24) is 19.7 Å². The van der Waals surface area contributed by atoms with Crippen LogP contribution in [0.15, 0.2) is 6.20 Å². The van der Waals surface area contributed by atoms with E-state index in [1.54, 1.807) is 4.68 Å². The molecule has 0 spiro atoms. The summed E-state index contributed by atoms with van der Waals surface area (Å²) in [6, 6.07) is 0. The fraction of sp³-hybridized carbons (Fsp3) is 0.462. The van der Waals surface area contributed by atoms with Gasteiger partial charge in [-0.3, -0.25) is 9.48 Å². The molecule has 0 fully saturated rings. The summed E-state index contributed by atoms with van der Waals surface area (Å²) >= 11 is 0. The molecule has 2 aromatic rings. The highest BCUT2D eigenvalue weighted by atomic mass is 16.4. The number of imidazole rings is 1. The average Bonchev–Trinajstić information content (AvgIpc) is 2.91. The Morgan fingerprint density at radius 2 is 2.37 bits per heavy atom. The van der Waals surface area contributed by atoms with E-state index in [4.69, 9.17) is 0 Å². The van der Waals surface area contributed by atoms with Gasteiger partial charge in [0, 0.05) is 18.9 Å². The second-order valence-electron chi connectivity index (χ2n) is 5.03. The van der Waals surface area contributed by atoms with Crippen molar-refractivity contribution in [3.05, 3.63) is 23.3 Å². The van der Waals surface area contributed by atoms with Crippen molar-refractivity contribution >= 4 is 5.97 Å². The molecule has 0 amide bonds. The van der Waals surface area contributed by atoms with Crippen LogP contribution in [0.1, 0.15) is 35.8 Å². The fourth-order valence-corrected chi connectivity index (χ4v) is 2.72. The van der Waals surface area contributed by atoms with E-state index in [0.29, 0.717) is 12.1 Å². The minimum absolute atomic E-state index is 0.481. The van der Waals surface area contributed by atoms with Crippen molar-refractivity contribution in [1.29, 1.82) is 0 Å². The number of carboxylic acids is 1. The van der Waals surface area contributed by atoms with Gasteiger partial charge in [0.2, 0.25) is 0 Å². The number of carboxylic acid groups (broad SMARTS) is 1. The van der Waals surface area contributed by atoms with Crippen molar-refractivity contribution in [3.63, 3.8) is 0 Å². The lowest BCUT2D eigenvalue weighted by molar-refractivity contribution is -0.139. The molecule has 2 aromatic heterocycles. The standard InChI is InChI=1S/C13H16N4O2/c1-7-9(6-17(2)16-7)12-14-10-5-3-4-8(13(18)19)11(10)15-12/h6,8H,3-5H2,1-2H3,(H,14,15)(H,18,19). The number of nitrogens with zero attached hydrogens (tertiary/aromatic N) is 3. The second kappa shape index (κ2) is 4.22. The fourth-order valence-electron chi connectivity index (χ4n) is 2.72. The summed E-state index contributed by atoms with van der Waals surface area (Å²) in [7, 11) is 1.86. The molecule has 0 aromatic carbocycles. The van der Waals surface area contributed by atoms with Gasteiger partial charge in [-0.15, -0.1) is 0 Å². The summed E-state index contributed by atoms with van der Waals surface area (Å²) in [5.41, 5.74) is 3.47. The van der Waals surface area contributed by atoms with Gasteiger partial charge in [-0.05, 0) is 26.2 Å². The minimum atomic E-state index is -0.790. The highest BCUT2D eigenvalue weighted by Gasteiger charge is 2.30. The number of H-pyrrole nitrogens is 1. The Bertz CT molecular complexity index is 641. The molecule has 0 bridgehead atoms. The number of aromatic amines is 1. The first-order valence-corrected chi connectivity index (χ1v) is 6.38. The Balaban J connectivity index is 2.07. The summed E-state index contributed by atoms with van der Waals surface area (Å²) in [5, 5.41) is 13.5. The molecule has 6 heteroatoms. The summed E-state index contributed by atoms with van der Waals surface area (Å²) in [6.07, 6.45) is 4.32. The summed E-state index contributed by atoms with van der Waals surface area (Å²) in [4.78, 5) is 19.0. The van der Waals surface area contributed by atoms with E-state index in [1.165, 1.54) is 0 Å². The topological polar surface area (TPSA) is 83.8 Å². The van der Waals surface area contributed by atoms with Crippen molar-refractivity contribution in [2.45, 2.75) is 32.1 Å². The lowest BCUT2D eigenvalue weighted by Crippen LogP contribution is -2.17. The van der Waals surface area contributed by atoms with Crippen molar-refractivity contribution in [2.75, 3.05) is 0 Å². The van der Waals surface area contributed by atoms with Crippen LogP contribution in [-0.2, 0) is 18.3 Å². The molecule has 0 saturated carbocycles. The van der Waals surface area contributed by atoms with Crippen LogP contribution in [0, 0.1) is 6.92 Å². The maximum atomic E-state index is 11.3. The minimum Gasteiger partial charge on any atom is -0.481 e. The van der Waals surface area contributed by atoms with Crippen LogP contribution in [0.3, 0.4) is 0 Å². The molecule has 1 unspecified atom stereocenters. The van der Waals surface area contributed by atoms with Gasteiger partial charge in [0.1, 0.15) is 11.7 Å². The first kappa shape index (κ1) is 12.0. The summed E-state index contributed by atoms with van der Waals surface area (Å²) in [6.45, 7) is 1.92. The molecule has 2 N–H and O–H groups in total. The number of fused-ring (bicyclic) bond motifs is 1. The van der Waals surface area contributed by atoms with Crippen LogP contribution >= 0.6 is 0 Å². The molecule has 0 aliphatic heterocycles. The molecule has 1 aliphatic carbocycles. The zero-order valence-electron chi connectivity index (χ0n) is 11.0. The molecule has 19 heavy (non-hydrogen) atoms. The lowest BCUT2D eigenvalue weighted by atomic mass is 9.90. The summed E-state index contributed by atoms with van der Waals surface area (Å²) in [5.74, 6) is -0.545. The second-order valence-corrected chi connectivity index (χ2v) is 5.03. The lowest BCUT2D eigenvalue weighted by Gasteiger charge is -2.16. The Hall–Kier alpha value is -2.11. The highest BCUT2D eigenvalue weighted by Crippen LogP contribution is 2.32. The summed E-state index contributed by atoms with van der Waals surface area (Å²) < 4.78 is 1.74. The monoisotopic (exact) mass is 260 g/mol. The Labute approximate surface area is 110 Å². The van der Waals surface area contributed by atoms with Crippen LogP contribution in [-0.4, -0.2) is 30.8 Å². The molecule has 1 aliphatic rings. The van der Waals surface area contributed by atoms with Gasteiger partial charge in [0.25, 0.3) is 0 Å². The first-order valence-electron chi connectivity index (χ1n) is 6.38. The normalized spacial score (nSPS) is 18.3. The van der Waals surface area contributed by atoms with Crippen molar-refractivity contribution in [3.8, 4) is 11.4 Å². The van der Waals surface area contributed by atoms with Gasteiger partial charge in [-0.2, -0.15) is 5.10 Å². The number of nitrogens with one attached hydrogen (secondary N) is 1. The largest absolute Gasteiger partial charge is 0.481 e. The number of aryl methyl sites for hydroxylation is 3. The van der Waals surface area contributed by atoms with Gasteiger partial charge in [-0.25, -0.2) is 4.98 Å². The van der Waals surface area contributed by atoms with Crippen LogP contribution in [0.25, 0.3) is 11.4 Å². The smallest absolute Gasteiger partial charge is 0.312 e. The Morgan fingerprint density at radius 3 is 3.00 bits per heavy atom. The Morgan fingerprint density at radius 1 is 1.58 bits per heavy atom. The van der Waals surface area contributed by atoms with E-state index < -0.39 is 11.9 Å². The van der Waals surface area contributed by atoms with E-state index >= 15 is 0 Å². The van der Waals surface area contributed by atoms with Gasteiger partial charge in [0.15, 0.2) is 0 Å². The van der Waals surface area contributed by atoms with Crippen molar-refractivity contribution < 1.29 is 9.90 Å². The zero-order valence-corrected chi connectivity index (χ0v) is 11.0. The molecule has 0 radical (unpaired) electrons. The van der Waals surface area contributed by atoms with Gasteiger partial charge >= 0.3 is 5.97 Å². The van der Waals surface area contributed by atoms with E-state index in [0.717, 1.165) is 35.6 Å². The number of aliphatic carboxylic acids is 1. The molecule has 6 nitrogen and oxygen atoms in total. The molecule has 3 rings (SSSR count). The van der Waals surface area contributed by atoms with Gasteiger partial charge < -0.3 is 10.1 Å². The maximum absolute atomic E-state index is 11.3. The van der Waals surface area contributed by atoms with Crippen LogP contribution in [0.5, 0.6) is 0 Å². The van der Waals surface area contributed by atoms with Gasteiger partial charge in [-0.1, -0.05) is 0 Å². The molecule has 100 valence electrons. The van der Waals surface area contributed by atoms with Gasteiger partial charge in [0.05, 0.1) is 17.0 Å². The molecular weight excluding hydrogens is 244 g/mol. The molecule has 1 atom stereocenters. The third kappa shape index (κ3) is 1.93. The van der Waals surface area contributed by atoms with E-state index in [9.17, 15) is 9.90 Å². The number of carbonyl (C=O) groups is 1. The average molecular weight is 260 g/mol. The number of hydrogen-bond donors (Lipinski definition) is 2. The van der Waals surface area contributed by atoms with E-state index in [1.807, 2.05) is 20.2 Å². The third-order valence-electron chi connectivity index (χ3n) is 3.63. The molecular formula is C13H16N4O2.